The minimum atomic E-state index is -4.21. The van der Waals surface area contributed by atoms with Crippen molar-refractivity contribution in [1.82, 2.24) is 0 Å². The van der Waals surface area contributed by atoms with E-state index in [1.165, 1.54) is 25.1 Å². The van der Waals surface area contributed by atoms with E-state index in [1.54, 1.807) is 0 Å². The van der Waals surface area contributed by atoms with E-state index in [9.17, 15) is 18.5 Å². The van der Waals surface area contributed by atoms with Crippen molar-refractivity contribution in [2.45, 2.75) is 11.8 Å². The molecule has 2 aromatic rings. The van der Waals surface area contributed by atoms with Crippen molar-refractivity contribution in [2.24, 2.45) is 0 Å². The molecule has 7 nitrogen and oxygen atoms in total. The Morgan fingerprint density at radius 1 is 1.26 bits per heavy atom. The van der Waals surface area contributed by atoms with E-state index >= 15 is 0 Å². The second kappa shape index (κ2) is 6.24. The average Bonchev–Trinajstić information content (AvgIpc) is 2.48. The summed E-state index contributed by atoms with van der Waals surface area (Å²) in [6, 6.07) is 9.07. The molecule has 0 unspecified atom stereocenters. The van der Waals surface area contributed by atoms with Gasteiger partial charge in [0, 0.05) is 11.6 Å². The molecule has 9 heteroatoms. The standard InChI is InChI=1S/C14H9ClN2O5S/c1-9-6-11(3-4-13(9)17(18)19)23(20,21)22-14-5-2-10(8-16)7-12(14)15/h2-7H,1H3. The van der Waals surface area contributed by atoms with Gasteiger partial charge in [0.05, 0.1) is 21.6 Å². The first-order valence-corrected chi connectivity index (χ1v) is 7.92. The summed E-state index contributed by atoms with van der Waals surface area (Å²) in [4.78, 5) is 9.92. The predicted molar refractivity (Wildman–Crippen MR) is 81.8 cm³/mol. The number of rotatable bonds is 4. The maximum absolute atomic E-state index is 12.2. The minimum Gasteiger partial charge on any atom is -0.377 e. The zero-order chi connectivity index (χ0) is 17.2. The second-order valence-corrected chi connectivity index (χ2v) is 6.45. The molecule has 0 atom stereocenters. The molecule has 0 fully saturated rings. The molecule has 0 saturated carbocycles. The van der Waals surface area contributed by atoms with Crippen LogP contribution < -0.4 is 4.18 Å². The molecule has 23 heavy (non-hydrogen) atoms. The smallest absolute Gasteiger partial charge is 0.339 e. The van der Waals surface area contributed by atoms with Gasteiger partial charge in [0.2, 0.25) is 0 Å². The third kappa shape index (κ3) is 3.59. The fourth-order valence-electron chi connectivity index (χ4n) is 1.79. The normalized spacial score (nSPS) is 10.8. The first-order valence-electron chi connectivity index (χ1n) is 6.14. The molecule has 0 radical (unpaired) electrons. The molecule has 0 aliphatic carbocycles. The molecule has 0 amide bonds. The van der Waals surface area contributed by atoms with Crippen molar-refractivity contribution >= 4 is 27.4 Å². The Labute approximate surface area is 137 Å². The van der Waals surface area contributed by atoms with E-state index in [4.69, 9.17) is 21.0 Å². The molecular formula is C14H9ClN2O5S. The van der Waals surface area contributed by atoms with Crippen molar-refractivity contribution in [1.29, 1.82) is 5.26 Å². The van der Waals surface area contributed by atoms with Crippen molar-refractivity contribution in [3.63, 3.8) is 0 Å². The first kappa shape index (κ1) is 16.7. The number of nitro groups is 1. The summed E-state index contributed by atoms with van der Waals surface area (Å²) in [6.07, 6.45) is 0. The van der Waals surface area contributed by atoms with Gasteiger partial charge in [-0.05, 0) is 37.3 Å². The molecule has 0 N–H and O–H groups in total. The van der Waals surface area contributed by atoms with E-state index < -0.39 is 15.0 Å². The maximum Gasteiger partial charge on any atom is 0.339 e. The molecule has 0 heterocycles. The number of hydrogen-bond donors (Lipinski definition) is 0. The van der Waals surface area contributed by atoms with Crippen molar-refractivity contribution in [3.8, 4) is 11.8 Å². The molecule has 0 aliphatic heterocycles. The van der Waals surface area contributed by atoms with Crippen LogP contribution >= 0.6 is 11.6 Å². The molecule has 118 valence electrons. The van der Waals surface area contributed by atoms with Crippen LogP contribution in [0.3, 0.4) is 0 Å². The molecule has 0 bridgehead atoms. The Balaban J connectivity index is 2.38. The SMILES string of the molecule is Cc1cc(S(=O)(=O)Oc2ccc(C#N)cc2Cl)ccc1[N+](=O)[O-]. The van der Waals surface area contributed by atoms with E-state index in [-0.39, 0.29) is 32.5 Å². The van der Waals surface area contributed by atoms with E-state index in [1.807, 2.05) is 6.07 Å². The summed E-state index contributed by atoms with van der Waals surface area (Å²) in [5.41, 5.74) is 0.247. The predicted octanol–water partition coefficient (Wildman–Crippen LogP) is 3.20. The number of nitriles is 1. The molecular weight excluding hydrogens is 344 g/mol. The fourth-order valence-corrected chi connectivity index (χ4v) is 3.09. The Morgan fingerprint density at radius 2 is 1.96 bits per heavy atom. The van der Waals surface area contributed by atoms with Gasteiger partial charge in [-0.25, -0.2) is 0 Å². The zero-order valence-corrected chi connectivity index (χ0v) is 13.3. The third-order valence-corrected chi connectivity index (χ3v) is 4.44. The monoisotopic (exact) mass is 352 g/mol. The largest absolute Gasteiger partial charge is 0.377 e. The summed E-state index contributed by atoms with van der Waals surface area (Å²) in [5, 5.41) is 19.5. The van der Waals surface area contributed by atoms with Gasteiger partial charge in [0.15, 0.2) is 5.75 Å². The highest BCUT2D eigenvalue weighted by Gasteiger charge is 2.21. The Kier molecular flexibility index (Phi) is 4.54. The summed E-state index contributed by atoms with van der Waals surface area (Å²) >= 11 is 5.87. The average molecular weight is 353 g/mol. The summed E-state index contributed by atoms with van der Waals surface area (Å²) < 4.78 is 29.4. The highest BCUT2D eigenvalue weighted by molar-refractivity contribution is 7.87. The minimum absolute atomic E-state index is 0.0359. The van der Waals surface area contributed by atoms with Crippen LogP contribution in [-0.4, -0.2) is 13.3 Å². The second-order valence-electron chi connectivity index (χ2n) is 4.50. The molecule has 2 rings (SSSR count). The van der Waals surface area contributed by atoms with Crippen molar-refractivity contribution in [2.75, 3.05) is 0 Å². The topological polar surface area (TPSA) is 110 Å². The Hall–Kier alpha value is -2.63. The molecule has 0 aromatic heterocycles. The Bertz CT molecular complexity index is 935. The third-order valence-electron chi connectivity index (χ3n) is 2.91. The highest BCUT2D eigenvalue weighted by Crippen LogP contribution is 2.29. The zero-order valence-electron chi connectivity index (χ0n) is 11.7. The van der Waals surface area contributed by atoms with Crippen LogP contribution in [0, 0.1) is 28.4 Å². The quantitative estimate of drug-likeness (QED) is 0.474. The highest BCUT2D eigenvalue weighted by atomic mass is 35.5. The van der Waals surface area contributed by atoms with Gasteiger partial charge >= 0.3 is 10.1 Å². The van der Waals surface area contributed by atoms with Gasteiger partial charge < -0.3 is 4.18 Å². The van der Waals surface area contributed by atoms with Crippen LogP contribution in [0.2, 0.25) is 5.02 Å². The molecule has 2 aromatic carbocycles. The lowest BCUT2D eigenvalue weighted by Crippen LogP contribution is -2.10. The van der Waals surface area contributed by atoms with Gasteiger partial charge in [0.25, 0.3) is 5.69 Å². The number of nitro benzene ring substituents is 1. The summed E-state index contributed by atoms with van der Waals surface area (Å²) in [6.45, 7) is 1.42. The number of hydrogen-bond acceptors (Lipinski definition) is 6. The van der Waals surface area contributed by atoms with Gasteiger partial charge in [-0.2, -0.15) is 13.7 Å². The van der Waals surface area contributed by atoms with Crippen molar-refractivity contribution in [3.05, 3.63) is 62.7 Å². The molecule has 0 aliphatic rings. The lowest BCUT2D eigenvalue weighted by atomic mass is 10.2. The lowest BCUT2D eigenvalue weighted by molar-refractivity contribution is -0.385. The number of aryl methyl sites for hydroxylation is 1. The summed E-state index contributed by atoms with van der Waals surface area (Å²) in [5.74, 6) is -0.137. The van der Waals surface area contributed by atoms with Crippen molar-refractivity contribution < 1.29 is 17.5 Å². The lowest BCUT2D eigenvalue weighted by Gasteiger charge is -2.09. The van der Waals surface area contributed by atoms with Gasteiger partial charge in [0.1, 0.15) is 4.90 Å². The van der Waals surface area contributed by atoms with Crippen LogP contribution in [0.5, 0.6) is 5.75 Å². The number of halogens is 1. The molecule has 0 spiro atoms. The van der Waals surface area contributed by atoms with Crippen LogP contribution in [0.15, 0.2) is 41.3 Å². The molecule has 0 saturated heterocycles. The van der Waals surface area contributed by atoms with Crippen LogP contribution in [0.1, 0.15) is 11.1 Å². The summed E-state index contributed by atoms with van der Waals surface area (Å²) in [7, 11) is -4.21. The number of nitrogens with zero attached hydrogens (tertiary/aromatic N) is 2. The first-order chi connectivity index (χ1) is 10.7. The van der Waals surface area contributed by atoms with E-state index in [0.717, 1.165) is 18.2 Å². The van der Waals surface area contributed by atoms with Crippen LogP contribution in [-0.2, 0) is 10.1 Å². The van der Waals surface area contributed by atoms with Crippen LogP contribution in [0.25, 0.3) is 0 Å². The Morgan fingerprint density at radius 3 is 2.48 bits per heavy atom. The maximum atomic E-state index is 12.2. The fraction of sp³-hybridized carbons (Fsp3) is 0.0714. The van der Waals surface area contributed by atoms with E-state index in [2.05, 4.69) is 0 Å². The van der Waals surface area contributed by atoms with Gasteiger partial charge in [-0.15, -0.1) is 0 Å². The van der Waals surface area contributed by atoms with Gasteiger partial charge in [-0.1, -0.05) is 11.6 Å². The number of benzene rings is 2. The van der Waals surface area contributed by atoms with E-state index in [0.29, 0.717) is 0 Å². The van der Waals surface area contributed by atoms with Crippen LogP contribution in [0.4, 0.5) is 5.69 Å². The van der Waals surface area contributed by atoms with Gasteiger partial charge in [-0.3, -0.25) is 10.1 Å².